The molecule has 1 atom stereocenters. The van der Waals surface area contributed by atoms with E-state index in [0.29, 0.717) is 0 Å². The van der Waals surface area contributed by atoms with E-state index in [2.05, 4.69) is 5.32 Å². The first-order chi connectivity index (χ1) is 9.34. The summed E-state index contributed by atoms with van der Waals surface area (Å²) in [6.07, 6.45) is -5.86. The van der Waals surface area contributed by atoms with Gasteiger partial charge in [-0.05, 0) is 24.6 Å². The number of rotatable bonds is 3. The fourth-order valence-corrected chi connectivity index (χ4v) is 2.01. The zero-order valence-electron chi connectivity index (χ0n) is 10.3. The standard InChI is InChI=1S/C12H13F3N2O3/c13-12(14,15)7-2-3-8-9(6-7)17(4-1-5-18)11(20)10(19)16-8/h2-3,6,11,18,20H,1,4-5H2,(H,16,19). The van der Waals surface area contributed by atoms with Gasteiger partial charge in [-0.3, -0.25) is 4.79 Å². The van der Waals surface area contributed by atoms with Crippen molar-refractivity contribution in [3.8, 4) is 0 Å². The Labute approximate surface area is 112 Å². The largest absolute Gasteiger partial charge is 0.416 e. The number of amides is 1. The molecule has 1 aliphatic heterocycles. The molecule has 1 heterocycles. The predicted molar refractivity (Wildman–Crippen MR) is 65.1 cm³/mol. The van der Waals surface area contributed by atoms with E-state index in [4.69, 9.17) is 5.11 Å². The topological polar surface area (TPSA) is 72.8 Å². The van der Waals surface area contributed by atoms with E-state index in [0.717, 1.165) is 23.1 Å². The van der Waals surface area contributed by atoms with Gasteiger partial charge in [0.1, 0.15) is 0 Å². The average Bonchev–Trinajstić information content (AvgIpc) is 2.38. The molecule has 20 heavy (non-hydrogen) atoms. The highest BCUT2D eigenvalue weighted by Crippen LogP contribution is 2.38. The second kappa shape index (κ2) is 5.29. The number of carbonyl (C=O) groups is 1. The second-order valence-corrected chi connectivity index (χ2v) is 4.36. The number of alkyl halides is 3. The van der Waals surface area contributed by atoms with Crippen molar-refractivity contribution in [2.45, 2.75) is 18.8 Å². The van der Waals surface area contributed by atoms with Gasteiger partial charge in [-0.15, -0.1) is 0 Å². The summed E-state index contributed by atoms with van der Waals surface area (Å²) in [6, 6.07) is 2.88. The van der Waals surface area contributed by atoms with E-state index in [9.17, 15) is 23.1 Å². The second-order valence-electron chi connectivity index (χ2n) is 4.36. The third kappa shape index (κ3) is 2.70. The first kappa shape index (κ1) is 14.6. The van der Waals surface area contributed by atoms with Crippen LogP contribution in [0.5, 0.6) is 0 Å². The van der Waals surface area contributed by atoms with Crippen molar-refractivity contribution in [1.82, 2.24) is 0 Å². The van der Waals surface area contributed by atoms with Gasteiger partial charge in [0, 0.05) is 13.2 Å². The summed E-state index contributed by atoms with van der Waals surface area (Å²) in [6.45, 7) is -0.126. The van der Waals surface area contributed by atoms with E-state index in [1.54, 1.807) is 0 Å². The Morgan fingerprint density at radius 2 is 2.05 bits per heavy atom. The number of halogens is 3. The van der Waals surface area contributed by atoms with Gasteiger partial charge in [-0.25, -0.2) is 0 Å². The number of carbonyl (C=O) groups excluding carboxylic acids is 1. The molecule has 0 saturated heterocycles. The molecule has 0 radical (unpaired) electrons. The molecule has 110 valence electrons. The number of aliphatic hydroxyl groups excluding tert-OH is 2. The van der Waals surface area contributed by atoms with Crippen LogP contribution in [0.25, 0.3) is 0 Å². The fraction of sp³-hybridized carbons (Fsp3) is 0.417. The monoisotopic (exact) mass is 290 g/mol. The number of aliphatic hydroxyl groups is 2. The van der Waals surface area contributed by atoms with E-state index < -0.39 is 23.9 Å². The molecule has 0 bridgehead atoms. The normalized spacial score (nSPS) is 18.8. The number of hydrogen-bond donors (Lipinski definition) is 3. The van der Waals surface area contributed by atoms with Crippen LogP contribution in [0.2, 0.25) is 0 Å². The van der Waals surface area contributed by atoms with Gasteiger partial charge in [0.25, 0.3) is 5.91 Å². The maximum absolute atomic E-state index is 12.7. The molecule has 1 aliphatic rings. The van der Waals surface area contributed by atoms with Gasteiger partial charge in [-0.2, -0.15) is 13.2 Å². The van der Waals surface area contributed by atoms with Crippen molar-refractivity contribution in [3.63, 3.8) is 0 Å². The fourth-order valence-electron chi connectivity index (χ4n) is 2.01. The van der Waals surface area contributed by atoms with Gasteiger partial charge in [0.2, 0.25) is 6.23 Å². The van der Waals surface area contributed by atoms with Crippen LogP contribution < -0.4 is 10.2 Å². The molecule has 1 aromatic carbocycles. The van der Waals surface area contributed by atoms with Crippen LogP contribution in [-0.4, -0.2) is 35.5 Å². The van der Waals surface area contributed by atoms with Crippen molar-refractivity contribution < 1.29 is 28.2 Å². The van der Waals surface area contributed by atoms with E-state index in [-0.39, 0.29) is 30.9 Å². The highest BCUT2D eigenvalue weighted by atomic mass is 19.4. The molecule has 0 saturated carbocycles. The zero-order valence-corrected chi connectivity index (χ0v) is 10.3. The summed E-state index contributed by atoms with van der Waals surface area (Å²) in [5, 5.41) is 20.9. The van der Waals surface area contributed by atoms with Gasteiger partial charge in [0.05, 0.1) is 16.9 Å². The Balaban J connectivity index is 2.43. The lowest BCUT2D eigenvalue weighted by Gasteiger charge is -2.35. The van der Waals surface area contributed by atoms with Gasteiger partial charge >= 0.3 is 6.18 Å². The molecule has 3 N–H and O–H groups in total. The Bertz CT molecular complexity index is 519. The van der Waals surface area contributed by atoms with Gasteiger partial charge < -0.3 is 20.4 Å². The number of hydrogen-bond acceptors (Lipinski definition) is 4. The first-order valence-electron chi connectivity index (χ1n) is 5.92. The summed E-state index contributed by atoms with van der Waals surface area (Å²) < 4.78 is 38.1. The highest BCUT2D eigenvalue weighted by molar-refractivity contribution is 6.02. The molecule has 0 aliphatic carbocycles. The number of nitrogens with one attached hydrogen (secondary N) is 1. The van der Waals surface area contributed by atoms with E-state index >= 15 is 0 Å². The Kier molecular flexibility index (Phi) is 3.87. The molecule has 0 fully saturated rings. The summed E-state index contributed by atoms with van der Waals surface area (Å²) in [5.41, 5.74) is -0.583. The maximum Gasteiger partial charge on any atom is 0.416 e. The highest BCUT2D eigenvalue weighted by Gasteiger charge is 2.35. The molecule has 1 amide bonds. The van der Waals surface area contributed by atoms with E-state index in [1.165, 1.54) is 0 Å². The lowest BCUT2D eigenvalue weighted by Crippen LogP contribution is -2.48. The van der Waals surface area contributed by atoms with Crippen LogP contribution >= 0.6 is 0 Å². The van der Waals surface area contributed by atoms with Crippen LogP contribution in [0, 0.1) is 0 Å². The van der Waals surface area contributed by atoms with Crippen LogP contribution in [0.1, 0.15) is 12.0 Å². The van der Waals surface area contributed by atoms with E-state index in [1.807, 2.05) is 0 Å². The minimum absolute atomic E-state index is 0.0688. The Hall–Kier alpha value is -1.80. The van der Waals surface area contributed by atoms with Crippen molar-refractivity contribution in [2.24, 2.45) is 0 Å². The summed E-state index contributed by atoms with van der Waals surface area (Å²) in [5.74, 6) is -0.713. The lowest BCUT2D eigenvalue weighted by molar-refractivity contribution is -0.137. The van der Waals surface area contributed by atoms with Crippen LogP contribution in [0.4, 0.5) is 24.5 Å². The first-order valence-corrected chi connectivity index (χ1v) is 5.92. The van der Waals surface area contributed by atoms with Crippen molar-refractivity contribution in [2.75, 3.05) is 23.4 Å². The molecule has 1 unspecified atom stereocenters. The zero-order chi connectivity index (χ0) is 14.9. The summed E-state index contributed by atoms with van der Waals surface area (Å²) in [7, 11) is 0. The van der Waals surface area contributed by atoms with Crippen molar-refractivity contribution in [3.05, 3.63) is 23.8 Å². The minimum Gasteiger partial charge on any atom is -0.396 e. The number of fused-ring (bicyclic) bond motifs is 1. The Morgan fingerprint density at radius 1 is 1.35 bits per heavy atom. The third-order valence-electron chi connectivity index (χ3n) is 2.98. The maximum atomic E-state index is 12.7. The van der Waals surface area contributed by atoms with Crippen LogP contribution in [0.3, 0.4) is 0 Å². The SMILES string of the molecule is O=C1Nc2ccc(C(F)(F)F)cc2N(CCCO)C1O. The average molecular weight is 290 g/mol. The van der Waals surface area contributed by atoms with Crippen LogP contribution in [0.15, 0.2) is 18.2 Å². The van der Waals surface area contributed by atoms with Crippen molar-refractivity contribution in [1.29, 1.82) is 0 Å². The molecular weight excluding hydrogens is 277 g/mol. The molecule has 5 nitrogen and oxygen atoms in total. The minimum atomic E-state index is -4.51. The number of nitrogens with zero attached hydrogens (tertiary/aromatic N) is 1. The van der Waals surface area contributed by atoms with Crippen LogP contribution in [-0.2, 0) is 11.0 Å². The molecule has 1 aromatic rings. The predicted octanol–water partition coefficient (Wildman–Crippen LogP) is 1.16. The van der Waals surface area contributed by atoms with Crippen molar-refractivity contribution >= 4 is 17.3 Å². The lowest BCUT2D eigenvalue weighted by atomic mass is 10.1. The molecule has 2 rings (SSSR count). The molecule has 0 aromatic heterocycles. The summed E-state index contributed by atoms with van der Waals surface area (Å²) >= 11 is 0. The summed E-state index contributed by atoms with van der Waals surface area (Å²) in [4.78, 5) is 12.7. The Morgan fingerprint density at radius 3 is 2.65 bits per heavy atom. The quantitative estimate of drug-likeness (QED) is 0.781. The third-order valence-corrected chi connectivity index (χ3v) is 2.98. The smallest absolute Gasteiger partial charge is 0.396 e. The van der Waals surface area contributed by atoms with Gasteiger partial charge in [-0.1, -0.05) is 0 Å². The number of benzene rings is 1. The number of anilines is 2. The molecule has 0 spiro atoms. The molecular formula is C12H13F3N2O3. The van der Waals surface area contributed by atoms with Gasteiger partial charge in [0.15, 0.2) is 0 Å². The molecule has 8 heteroatoms.